The van der Waals surface area contributed by atoms with Gasteiger partial charge in [-0.15, -0.1) is 0 Å². The van der Waals surface area contributed by atoms with Crippen molar-refractivity contribution in [3.63, 3.8) is 0 Å². The number of hydrogen-bond acceptors (Lipinski definition) is 3. The summed E-state index contributed by atoms with van der Waals surface area (Å²) in [5, 5.41) is 7.68. The SMILES string of the molecule is NC(=O)SC(C(=O)O)c1ccc(Cl)cc1. The molecule has 3 N–H and O–H groups in total. The molecule has 0 radical (unpaired) electrons. The van der Waals surface area contributed by atoms with E-state index in [9.17, 15) is 9.59 Å². The fourth-order valence-electron chi connectivity index (χ4n) is 1.01. The zero-order valence-electron chi connectivity index (χ0n) is 7.51. The van der Waals surface area contributed by atoms with Gasteiger partial charge in [-0.2, -0.15) is 0 Å². The standard InChI is InChI=1S/C9H8ClNO3S/c10-6-3-1-5(2-4-6)7(8(12)13)15-9(11)14/h1-4,7H,(H2,11,14)(H,12,13). The highest BCUT2D eigenvalue weighted by Gasteiger charge is 2.22. The average molecular weight is 246 g/mol. The van der Waals surface area contributed by atoms with Gasteiger partial charge in [-0.25, -0.2) is 0 Å². The van der Waals surface area contributed by atoms with Crippen molar-refractivity contribution in [3.05, 3.63) is 34.9 Å². The fraction of sp³-hybridized carbons (Fsp3) is 0.111. The first-order chi connectivity index (χ1) is 7.00. The average Bonchev–Trinajstić information content (AvgIpc) is 2.15. The summed E-state index contributed by atoms with van der Waals surface area (Å²) < 4.78 is 0. The first kappa shape index (κ1) is 11.9. The number of nitrogens with two attached hydrogens (primary N) is 1. The molecule has 80 valence electrons. The number of carboxylic acid groups (broad SMARTS) is 1. The van der Waals surface area contributed by atoms with E-state index in [1.165, 1.54) is 0 Å². The van der Waals surface area contributed by atoms with E-state index in [0.29, 0.717) is 22.3 Å². The molecule has 0 aliphatic heterocycles. The van der Waals surface area contributed by atoms with Gasteiger partial charge in [-0.05, 0) is 29.5 Å². The van der Waals surface area contributed by atoms with Crippen LogP contribution in [0.5, 0.6) is 0 Å². The van der Waals surface area contributed by atoms with E-state index in [1.807, 2.05) is 0 Å². The highest BCUT2D eigenvalue weighted by Crippen LogP contribution is 2.29. The van der Waals surface area contributed by atoms with Gasteiger partial charge in [0.25, 0.3) is 5.24 Å². The zero-order chi connectivity index (χ0) is 11.4. The van der Waals surface area contributed by atoms with Gasteiger partial charge in [0.2, 0.25) is 0 Å². The minimum absolute atomic E-state index is 0.482. The molecule has 1 aromatic carbocycles. The van der Waals surface area contributed by atoms with Crippen molar-refractivity contribution >= 4 is 34.6 Å². The van der Waals surface area contributed by atoms with Crippen LogP contribution >= 0.6 is 23.4 Å². The van der Waals surface area contributed by atoms with Crippen LogP contribution in [-0.2, 0) is 4.79 Å². The number of halogens is 1. The van der Waals surface area contributed by atoms with E-state index in [2.05, 4.69) is 0 Å². The first-order valence-electron chi connectivity index (χ1n) is 3.95. The largest absolute Gasteiger partial charge is 0.480 e. The molecule has 0 saturated heterocycles. The predicted octanol–water partition coefficient (Wildman–Crippen LogP) is 2.28. The Kier molecular flexibility index (Phi) is 3.99. The zero-order valence-corrected chi connectivity index (χ0v) is 9.09. The summed E-state index contributed by atoms with van der Waals surface area (Å²) in [4.78, 5) is 21.5. The van der Waals surface area contributed by atoms with Crippen LogP contribution in [0.15, 0.2) is 24.3 Å². The van der Waals surface area contributed by atoms with Crippen LogP contribution in [0.25, 0.3) is 0 Å². The van der Waals surface area contributed by atoms with Gasteiger partial charge in [-0.3, -0.25) is 9.59 Å². The third kappa shape index (κ3) is 3.45. The number of benzene rings is 1. The van der Waals surface area contributed by atoms with Gasteiger partial charge >= 0.3 is 5.97 Å². The van der Waals surface area contributed by atoms with Gasteiger partial charge < -0.3 is 10.8 Å². The molecule has 1 atom stereocenters. The molecule has 15 heavy (non-hydrogen) atoms. The maximum Gasteiger partial charge on any atom is 0.321 e. The minimum Gasteiger partial charge on any atom is -0.480 e. The number of hydrogen-bond donors (Lipinski definition) is 2. The van der Waals surface area contributed by atoms with Crippen LogP contribution in [0.3, 0.4) is 0 Å². The Morgan fingerprint density at radius 3 is 2.27 bits per heavy atom. The van der Waals surface area contributed by atoms with E-state index in [0.717, 1.165) is 0 Å². The summed E-state index contributed by atoms with van der Waals surface area (Å²) >= 11 is 6.22. The smallest absolute Gasteiger partial charge is 0.321 e. The minimum atomic E-state index is -1.11. The number of aliphatic carboxylic acids is 1. The van der Waals surface area contributed by atoms with Gasteiger partial charge in [0.15, 0.2) is 0 Å². The van der Waals surface area contributed by atoms with Crippen molar-refractivity contribution < 1.29 is 14.7 Å². The van der Waals surface area contributed by atoms with Gasteiger partial charge in [0.1, 0.15) is 5.25 Å². The summed E-state index contributed by atoms with van der Waals surface area (Å²) in [6.07, 6.45) is 0. The normalized spacial score (nSPS) is 12.1. The predicted molar refractivity (Wildman–Crippen MR) is 59.0 cm³/mol. The van der Waals surface area contributed by atoms with Gasteiger partial charge in [0.05, 0.1) is 0 Å². The summed E-state index contributed by atoms with van der Waals surface area (Å²) in [7, 11) is 0. The lowest BCUT2D eigenvalue weighted by atomic mass is 10.1. The summed E-state index contributed by atoms with van der Waals surface area (Å²) in [5.41, 5.74) is 5.42. The molecular weight excluding hydrogens is 238 g/mol. The molecule has 0 saturated carbocycles. The second-order valence-corrected chi connectivity index (χ2v) is 4.25. The highest BCUT2D eigenvalue weighted by atomic mass is 35.5. The molecular formula is C9H8ClNO3S. The van der Waals surface area contributed by atoms with Crippen molar-refractivity contribution in [2.45, 2.75) is 5.25 Å². The summed E-state index contributed by atoms with van der Waals surface area (Å²) in [5.74, 6) is -1.11. The van der Waals surface area contributed by atoms with E-state index < -0.39 is 16.5 Å². The molecule has 0 aliphatic carbocycles. The highest BCUT2D eigenvalue weighted by molar-refractivity contribution is 8.14. The van der Waals surface area contributed by atoms with Crippen molar-refractivity contribution in [2.75, 3.05) is 0 Å². The third-order valence-corrected chi connectivity index (χ3v) is 2.82. The second-order valence-electron chi connectivity index (χ2n) is 2.71. The van der Waals surface area contributed by atoms with E-state index >= 15 is 0 Å². The molecule has 4 nitrogen and oxygen atoms in total. The number of thioether (sulfide) groups is 1. The van der Waals surface area contributed by atoms with Crippen LogP contribution in [0.1, 0.15) is 10.8 Å². The first-order valence-corrected chi connectivity index (χ1v) is 5.21. The Morgan fingerprint density at radius 1 is 1.33 bits per heavy atom. The Bertz CT molecular complexity index is 379. The number of carbonyl (C=O) groups excluding carboxylic acids is 1. The van der Waals surface area contributed by atoms with E-state index in [-0.39, 0.29) is 0 Å². The van der Waals surface area contributed by atoms with Crippen LogP contribution < -0.4 is 5.73 Å². The number of amides is 1. The Morgan fingerprint density at radius 2 is 1.87 bits per heavy atom. The third-order valence-electron chi connectivity index (χ3n) is 1.63. The molecule has 0 aliphatic rings. The molecule has 0 heterocycles. The summed E-state index contributed by atoms with van der Waals surface area (Å²) in [6, 6.07) is 6.23. The number of rotatable bonds is 3. The van der Waals surface area contributed by atoms with Gasteiger partial charge in [-0.1, -0.05) is 23.7 Å². The molecule has 0 fully saturated rings. The maximum atomic E-state index is 10.9. The van der Waals surface area contributed by atoms with Gasteiger partial charge in [0, 0.05) is 5.02 Å². The van der Waals surface area contributed by atoms with E-state index in [4.69, 9.17) is 22.4 Å². The van der Waals surface area contributed by atoms with Crippen molar-refractivity contribution in [1.82, 2.24) is 0 Å². The number of primary amides is 1. The molecule has 0 spiro atoms. The lowest BCUT2D eigenvalue weighted by Gasteiger charge is -2.09. The Hall–Kier alpha value is -1.20. The van der Waals surface area contributed by atoms with Crippen LogP contribution in [0.2, 0.25) is 5.02 Å². The van der Waals surface area contributed by atoms with Crippen molar-refractivity contribution in [3.8, 4) is 0 Å². The second kappa shape index (κ2) is 5.04. The van der Waals surface area contributed by atoms with Crippen LogP contribution in [0, 0.1) is 0 Å². The molecule has 1 aromatic rings. The number of carboxylic acids is 1. The van der Waals surface area contributed by atoms with Crippen LogP contribution in [-0.4, -0.2) is 16.3 Å². The van der Waals surface area contributed by atoms with Crippen molar-refractivity contribution in [2.24, 2.45) is 5.73 Å². The summed E-state index contributed by atoms with van der Waals surface area (Å²) in [6.45, 7) is 0. The Balaban J connectivity index is 2.94. The number of carbonyl (C=O) groups is 2. The fourth-order valence-corrected chi connectivity index (χ4v) is 1.77. The van der Waals surface area contributed by atoms with E-state index in [1.54, 1.807) is 24.3 Å². The molecule has 6 heteroatoms. The molecule has 0 aromatic heterocycles. The monoisotopic (exact) mass is 245 g/mol. The lowest BCUT2D eigenvalue weighted by molar-refractivity contribution is -0.136. The topological polar surface area (TPSA) is 80.4 Å². The van der Waals surface area contributed by atoms with Crippen LogP contribution in [0.4, 0.5) is 4.79 Å². The lowest BCUT2D eigenvalue weighted by Crippen LogP contribution is -2.13. The molecule has 0 bridgehead atoms. The van der Waals surface area contributed by atoms with Crippen molar-refractivity contribution in [1.29, 1.82) is 0 Å². The molecule has 1 rings (SSSR count). The molecule has 1 amide bonds. The quantitative estimate of drug-likeness (QED) is 0.856. The maximum absolute atomic E-state index is 10.9. The molecule has 1 unspecified atom stereocenters. The Labute approximate surface area is 95.4 Å².